The maximum Gasteiger partial charge on any atom is 0.249 e. The summed E-state index contributed by atoms with van der Waals surface area (Å²) < 4.78 is 32.2. The van der Waals surface area contributed by atoms with Gasteiger partial charge in [-0.15, -0.1) is 0 Å². The number of halogens is 1. The minimum atomic E-state index is -3.85. The third-order valence-electron chi connectivity index (χ3n) is 4.15. The fraction of sp³-hybridized carbons (Fsp3) is 0.375. The number of benzene rings is 1. The van der Waals surface area contributed by atoms with E-state index in [1.807, 2.05) is 0 Å². The third kappa shape index (κ3) is 3.42. The maximum atomic E-state index is 13.0. The van der Waals surface area contributed by atoms with Crippen molar-refractivity contribution in [2.24, 2.45) is 0 Å². The Bertz CT molecular complexity index is 873. The van der Waals surface area contributed by atoms with E-state index in [0.717, 1.165) is 0 Å². The van der Waals surface area contributed by atoms with Gasteiger partial charge in [0.15, 0.2) is 5.76 Å². The molecule has 1 atom stereocenters. The van der Waals surface area contributed by atoms with Gasteiger partial charge in [-0.25, -0.2) is 8.42 Å². The van der Waals surface area contributed by atoms with E-state index < -0.39 is 16.1 Å². The van der Waals surface area contributed by atoms with Crippen LogP contribution < -0.4 is 5.32 Å². The van der Waals surface area contributed by atoms with E-state index in [0.29, 0.717) is 29.2 Å². The highest BCUT2D eigenvalue weighted by atomic mass is 35.5. The molecule has 1 aromatic carbocycles. The average molecular weight is 384 g/mol. The zero-order valence-electron chi connectivity index (χ0n) is 13.8. The van der Waals surface area contributed by atoms with Gasteiger partial charge in [0.1, 0.15) is 16.6 Å². The predicted octanol–water partition coefficient (Wildman–Crippen LogP) is 2.74. The minimum Gasteiger partial charge on any atom is -0.360 e. The van der Waals surface area contributed by atoms with E-state index in [4.69, 9.17) is 16.1 Å². The van der Waals surface area contributed by atoms with Gasteiger partial charge in [0, 0.05) is 17.3 Å². The minimum absolute atomic E-state index is 0.0405. The molecule has 1 saturated heterocycles. The molecular weight excluding hydrogens is 366 g/mol. The fourth-order valence-electron chi connectivity index (χ4n) is 3.01. The molecule has 3 rings (SSSR count). The second-order valence-corrected chi connectivity index (χ2v) is 8.19. The van der Waals surface area contributed by atoms with E-state index in [1.165, 1.54) is 4.31 Å². The monoisotopic (exact) mass is 383 g/mol. The normalized spacial score (nSPS) is 18.4. The molecule has 0 radical (unpaired) electrons. The number of nitrogens with one attached hydrogen (secondary N) is 1. The van der Waals surface area contributed by atoms with Crippen LogP contribution in [0.3, 0.4) is 0 Å². The third-order valence-corrected chi connectivity index (χ3v) is 6.56. The first kappa shape index (κ1) is 17.9. The zero-order valence-corrected chi connectivity index (χ0v) is 15.4. The molecule has 1 unspecified atom stereocenters. The van der Waals surface area contributed by atoms with Gasteiger partial charge in [-0.05, 0) is 51.0 Å². The molecule has 2 heterocycles. The van der Waals surface area contributed by atoms with E-state index in [2.05, 4.69) is 10.5 Å². The van der Waals surface area contributed by atoms with Crippen LogP contribution in [0.4, 0.5) is 5.69 Å². The number of rotatable bonds is 4. The second kappa shape index (κ2) is 6.78. The molecule has 7 nitrogen and oxygen atoms in total. The van der Waals surface area contributed by atoms with Gasteiger partial charge in [-0.3, -0.25) is 4.79 Å². The zero-order chi connectivity index (χ0) is 18.2. The molecule has 0 saturated carbocycles. The molecule has 1 aliphatic rings. The van der Waals surface area contributed by atoms with Crippen molar-refractivity contribution >= 4 is 33.2 Å². The van der Waals surface area contributed by atoms with Crippen molar-refractivity contribution in [1.82, 2.24) is 9.46 Å². The molecule has 9 heteroatoms. The van der Waals surface area contributed by atoms with Crippen molar-refractivity contribution in [1.29, 1.82) is 0 Å². The summed E-state index contributed by atoms with van der Waals surface area (Å²) in [5.41, 5.74) is 0.859. The Hall–Kier alpha value is -1.90. The van der Waals surface area contributed by atoms with E-state index in [9.17, 15) is 13.2 Å². The van der Waals surface area contributed by atoms with Crippen LogP contribution in [-0.4, -0.2) is 36.4 Å². The summed E-state index contributed by atoms with van der Waals surface area (Å²) in [6.45, 7) is 3.40. The molecule has 1 amide bonds. The summed E-state index contributed by atoms with van der Waals surface area (Å²) in [6.07, 6.45) is 1.07. The number of aryl methyl sites for hydroxylation is 2. The number of anilines is 1. The van der Waals surface area contributed by atoms with Crippen molar-refractivity contribution in [3.63, 3.8) is 0 Å². The average Bonchev–Trinajstić information content (AvgIpc) is 3.17. The van der Waals surface area contributed by atoms with E-state index >= 15 is 0 Å². The SMILES string of the molecule is Cc1noc(C)c1S(=O)(=O)N1CCCC1C(=O)Nc1ccc(Cl)cc1. The summed E-state index contributed by atoms with van der Waals surface area (Å²) in [7, 11) is -3.85. The number of aromatic nitrogens is 1. The second-order valence-electron chi connectivity index (χ2n) is 5.92. The summed E-state index contributed by atoms with van der Waals surface area (Å²) in [6, 6.07) is 5.88. The van der Waals surface area contributed by atoms with Crippen molar-refractivity contribution in [2.75, 3.05) is 11.9 Å². The predicted molar refractivity (Wildman–Crippen MR) is 93.0 cm³/mol. The van der Waals surface area contributed by atoms with Gasteiger partial charge in [-0.1, -0.05) is 16.8 Å². The Labute approximate surface area is 151 Å². The van der Waals surface area contributed by atoms with Crippen LogP contribution in [0.5, 0.6) is 0 Å². The largest absolute Gasteiger partial charge is 0.360 e. The van der Waals surface area contributed by atoms with E-state index in [-0.39, 0.29) is 23.1 Å². The lowest BCUT2D eigenvalue weighted by Gasteiger charge is -2.23. The summed E-state index contributed by atoms with van der Waals surface area (Å²) in [4.78, 5) is 12.6. The summed E-state index contributed by atoms with van der Waals surface area (Å²) in [5.74, 6) is -0.142. The van der Waals surface area contributed by atoms with Gasteiger partial charge in [0.2, 0.25) is 15.9 Å². The van der Waals surface area contributed by atoms with Gasteiger partial charge < -0.3 is 9.84 Å². The highest BCUT2D eigenvalue weighted by Crippen LogP contribution is 2.30. The molecule has 0 spiro atoms. The van der Waals surface area contributed by atoms with Crippen molar-refractivity contribution in [3.8, 4) is 0 Å². The van der Waals surface area contributed by atoms with Crippen LogP contribution in [-0.2, 0) is 14.8 Å². The molecular formula is C16H18ClN3O4S. The first-order valence-corrected chi connectivity index (χ1v) is 9.63. The topological polar surface area (TPSA) is 92.5 Å². The lowest BCUT2D eigenvalue weighted by molar-refractivity contribution is -0.119. The number of carbonyl (C=O) groups excluding carboxylic acids is 1. The first-order chi connectivity index (χ1) is 11.8. The smallest absolute Gasteiger partial charge is 0.249 e. The van der Waals surface area contributed by atoms with Crippen LogP contribution in [0.1, 0.15) is 24.3 Å². The van der Waals surface area contributed by atoms with Gasteiger partial charge in [0.25, 0.3) is 0 Å². The lowest BCUT2D eigenvalue weighted by Crippen LogP contribution is -2.43. The number of amides is 1. The number of carbonyl (C=O) groups is 1. The molecule has 25 heavy (non-hydrogen) atoms. The van der Waals surface area contributed by atoms with Crippen LogP contribution in [0.2, 0.25) is 5.02 Å². The van der Waals surface area contributed by atoms with Crippen LogP contribution in [0.15, 0.2) is 33.7 Å². The van der Waals surface area contributed by atoms with E-state index in [1.54, 1.807) is 38.1 Å². The quantitative estimate of drug-likeness (QED) is 0.876. The molecule has 0 aliphatic carbocycles. The highest BCUT2D eigenvalue weighted by Gasteiger charge is 2.41. The first-order valence-electron chi connectivity index (χ1n) is 7.82. The van der Waals surface area contributed by atoms with Crippen molar-refractivity contribution in [2.45, 2.75) is 37.6 Å². The summed E-state index contributed by atoms with van der Waals surface area (Å²) in [5, 5.41) is 7.01. The summed E-state index contributed by atoms with van der Waals surface area (Å²) >= 11 is 5.83. The van der Waals surface area contributed by atoms with Crippen molar-refractivity contribution in [3.05, 3.63) is 40.7 Å². The highest BCUT2D eigenvalue weighted by molar-refractivity contribution is 7.89. The standard InChI is InChI=1S/C16H18ClN3O4S/c1-10-15(11(2)24-19-10)25(22,23)20-9-3-4-14(20)16(21)18-13-7-5-12(17)6-8-13/h5-8,14H,3-4,9H2,1-2H3,(H,18,21). The Morgan fingerprint density at radius 2 is 2.00 bits per heavy atom. The molecule has 1 fully saturated rings. The fourth-order valence-corrected chi connectivity index (χ4v) is 5.09. The van der Waals surface area contributed by atoms with Gasteiger partial charge in [0.05, 0.1) is 0 Å². The number of sulfonamides is 1. The number of hydrogen-bond donors (Lipinski definition) is 1. The molecule has 1 aliphatic heterocycles. The molecule has 1 N–H and O–H groups in total. The Balaban J connectivity index is 1.85. The molecule has 0 bridgehead atoms. The molecule has 1 aromatic heterocycles. The van der Waals surface area contributed by atoms with Gasteiger partial charge >= 0.3 is 0 Å². The molecule has 134 valence electrons. The number of nitrogens with zero attached hydrogens (tertiary/aromatic N) is 2. The van der Waals surface area contributed by atoms with Crippen LogP contribution >= 0.6 is 11.6 Å². The Kier molecular flexibility index (Phi) is 4.86. The Morgan fingerprint density at radius 1 is 1.32 bits per heavy atom. The maximum absolute atomic E-state index is 13.0. The lowest BCUT2D eigenvalue weighted by atomic mass is 10.2. The molecule has 2 aromatic rings. The van der Waals surface area contributed by atoms with Gasteiger partial charge in [-0.2, -0.15) is 4.31 Å². The van der Waals surface area contributed by atoms with Crippen LogP contribution in [0, 0.1) is 13.8 Å². The van der Waals surface area contributed by atoms with Crippen LogP contribution in [0.25, 0.3) is 0 Å². The Morgan fingerprint density at radius 3 is 2.60 bits per heavy atom. The van der Waals surface area contributed by atoms with Crippen molar-refractivity contribution < 1.29 is 17.7 Å². The number of hydrogen-bond acceptors (Lipinski definition) is 5.